The van der Waals surface area contributed by atoms with Gasteiger partial charge in [0.05, 0.1) is 31.3 Å². The van der Waals surface area contributed by atoms with Gasteiger partial charge in [-0.3, -0.25) is 20.3 Å². The van der Waals surface area contributed by atoms with Crippen molar-refractivity contribution in [3.05, 3.63) is 42.5 Å². The Morgan fingerprint density at radius 1 is 1.21 bits per heavy atom. The van der Waals surface area contributed by atoms with Crippen LogP contribution in [0.1, 0.15) is 44.1 Å². The maximum Gasteiger partial charge on any atom is 0.246 e. The van der Waals surface area contributed by atoms with Crippen LogP contribution in [-0.2, 0) is 16.0 Å². The number of piperazine rings is 1. The lowest BCUT2D eigenvalue weighted by molar-refractivity contribution is -0.137. The number of carbonyl (C=O) groups excluding carboxylic acids is 1. The predicted molar refractivity (Wildman–Crippen MR) is 165 cm³/mol. The van der Waals surface area contributed by atoms with Crippen LogP contribution in [0.4, 0.5) is 5.69 Å². The number of alkyl halides is 1. The van der Waals surface area contributed by atoms with Gasteiger partial charge in [-0.25, -0.2) is 0 Å². The summed E-state index contributed by atoms with van der Waals surface area (Å²) in [7, 11) is 4.31. The number of hydrogen-bond donors (Lipinski definition) is 2. The van der Waals surface area contributed by atoms with Crippen molar-refractivity contribution in [3.8, 4) is 6.07 Å². The molecular formula is C32H46ClN7O2. The number of ether oxygens (including phenoxy) is 1. The molecule has 0 aromatic heterocycles. The van der Waals surface area contributed by atoms with E-state index in [0.29, 0.717) is 38.1 Å². The number of likely N-dealkylation sites (N-methyl/N-ethyl adjacent to an activating group) is 1. The number of nitrogens with one attached hydrogen (secondary N) is 2. The van der Waals surface area contributed by atoms with Gasteiger partial charge in [0.15, 0.2) is 6.35 Å². The smallest absolute Gasteiger partial charge is 0.246 e. The number of likely N-dealkylation sites (tertiary alicyclic amines) is 1. The number of benzene rings is 1. The van der Waals surface area contributed by atoms with Gasteiger partial charge in [0.2, 0.25) is 5.91 Å². The molecule has 4 aliphatic heterocycles. The third-order valence-electron chi connectivity index (χ3n) is 10.8. The summed E-state index contributed by atoms with van der Waals surface area (Å²) in [6.45, 7) is 7.49. The van der Waals surface area contributed by atoms with E-state index in [4.69, 9.17) is 16.3 Å². The quantitative estimate of drug-likeness (QED) is 0.295. The van der Waals surface area contributed by atoms with Gasteiger partial charge in [0.1, 0.15) is 5.50 Å². The highest BCUT2D eigenvalue weighted by Crippen LogP contribution is 2.52. The lowest BCUT2D eigenvalue weighted by Crippen LogP contribution is -2.73. The predicted octanol–water partition coefficient (Wildman–Crippen LogP) is 2.92. The molecule has 6 rings (SSSR count). The minimum atomic E-state index is -0.273. The largest absolute Gasteiger partial charge is 0.358 e. The number of para-hydroxylation sites is 1. The Morgan fingerprint density at radius 2 is 2.05 bits per heavy atom. The minimum absolute atomic E-state index is 0.0324. The molecule has 0 bridgehead atoms. The molecule has 8 atom stereocenters. The molecule has 4 fully saturated rings. The first kappa shape index (κ1) is 29.9. The number of fused-ring (bicyclic) bond motifs is 2. The zero-order chi connectivity index (χ0) is 29.4. The standard InChI is InChI=1S/C32H46ClN7O2/c1-4-28(41)40-17-16-39(20-23(40)12-14-34)29-25-11-13-32(18-22-8-5-6-10-27(22)38(3)30(32)33)19-26(25)35-31(36-29)42-21-24-9-7-15-37(24)2/h4-6,8,10,23-26,29-31,35-36H,1,7,9,11-13,15-21H2,2-3H3/t23?,24?,25?,26?,29?,30?,31?,32-/m1/s1. The van der Waals surface area contributed by atoms with E-state index in [1.54, 1.807) is 0 Å². The van der Waals surface area contributed by atoms with E-state index in [2.05, 4.69) is 76.3 Å². The second-order valence-corrected chi connectivity index (χ2v) is 13.6. The molecule has 7 unspecified atom stereocenters. The molecule has 1 aromatic rings. The van der Waals surface area contributed by atoms with E-state index >= 15 is 0 Å². The average molecular weight is 596 g/mol. The van der Waals surface area contributed by atoms with Crippen LogP contribution in [-0.4, -0.2) is 104 Å². The van der Waals surface area contributed by atoms with Crippen LogP contribution in [0.2, 0.25) is 0 Å². The minimum Gasteiger partial charge on any atom is -0.358 e. The number of anilines is 1. The van der Waals surface area contributed by atoms with Gasteiger partial charge in [0, 0.05) is 55.8 Å². The average Bonchev–Trinajstić information content (AvgIpc) is 3.42. The fourth-order valence-electron chi connectivity index (χ4n) is 8.50. The van der Waals surface area contributed by atoms with Gasteiger partial charge in [-0.15, -0.1) is 0 Å². The van der Waals surface area contributed by atoms with Crippen molar-refractivity contribution in [2.24, 2.45) is 11.3 Å². The van der Waals surface area contributed by atoms with E-state index in [1.807, 2.05) is 4.90 Å². The molecule has 1 amide bonds. The highest BCUT2D eigenvalue weighted by atomic mass is 35.5. The summed E-state index contributed by atoms with van der Waals surface area (Å²) in [6.07, 6.45) is 7.92. The Balaban J connectivity index is 1.24. The van der Waals surface area contributed by atoms with Gasteiger partial charge in [0.25, 0.3) is 0 Å². The Hall–Kier alpha value is -2.19. The first-order chi connectivity index (χ1) is 20.3. The molecule has 1 aromatic carbocycles. The van der Waals surface area contributed by atoms with Crippen LogP contribution in [0.3, 0.4) is 0 Å². The molecule has 42 heavy (non-hydrogen) atoms. The summed E-state index contributed by atoms with van der Waals surface area (Å²) >= 11 is 7.32. The van der Waals surface area contributed by atoms with Gasteiger partial charge in [-0.1, -0.05) is 36.4 Å². The Kier molecular flexibility index (Phi) is 8.84. The molecule has 2 N–H and O–H groups in total. The van der Waals surface area contributed by atoms with Crippen molar-refractivity contribution in [2.75, 3.05) is 51.8 Å². The summed E-state index contributed by atoms with van der Waals surface area (Å²) < 4.78 is 6.57. The topological polar surface area (TPSA) is 87.1 Å². The van der Waals surface area contributed by atoms with Crippen molar-refractivity contribution in [1.82, 2.24) is 25.3 Å². The number of rotatable bonds is 6. The zero-order valence-electron chi connectivity index (χ0n) is 25.1. The molecule has 3 saturated heterocycles. The van der Waals surface area contributed by atoms with Crippen molar-refractivity contribution < 1.29 is 9.53 Å². The number of nitrogens with zero attached hydrogens (tertiary/aromatic N) is 5. The van der Waals surface area contributed by atoms with Crippen LogP contribution in [0.5, 0.6) is 0 Å². The van der Waals surface area contributed by atoms with E-state index < -0.39 is 0 Å². The maximum atomic E-state index is 12.6. The summed E-state index contributed by atoms with van der Waals surface area (Å²) in [5, 5.41) is 17.3. The lowest BCUT2D eigenvalue weighted by atomic mass is 9.62. The normalized spacial score (nSPS) is 37.2. The zero-order valence-corrected chi connectivity index (χ0v) is 25.8. The third-order valence-corrected chi connectivity index (χ3v) is 11.5. The second-order valence-electron chi connectivity index (χ2n) is 13.1. The molecule has 1 spiro atoms. The Morgan fingerprint density at radius 3 is 2.81 bits per heavy atom. The summed E-state index contributed by atoms with van der Waals surface area (Å²) in [4.78, 5) is 21.5. The van der Waals surface area contributed by atoms with Gasteiger partial charge in [-0.05, 0) is 69.8 Å². The molecule has 9 nitrogen and oxygen atoms in total. The first-order valence-electron chi connectivity index (χ1n) is 15.7. The Bertz CT molecular complexity index is 1190. The van der Waals surface area contributed by atoms with Crippen LogP contribution < -0.4 is 15.5 Å². The molecule has 4 heterocycles. The number of hydrogen-bond acceptors (Lipinski definition) is 8. The van der Waals surface area contributed by atoms with Crippen LogP contribution in [0.25, 0.3) is 0 Å². The molecule has 228 valence electrons. The van der Waals surface area contributed by atoms with Crippen LogP contribution >= 0.6 is 11.6 Å². The van der Waals surface area contributed by atoms with Gasteiger partial charge in [-0.2, -0.15) is 5.26 Å². The molecule has 0 radical (unpaired) electrons. The SMILES string of the molecule is C=CC(=O)N1CCN(C2NC(OCC3CCCN3C)NC3C[C@@]4(CCC32)Cc2ccccc2N(C)C4Cl)CC1CC#N. The van der Waals surface area contributed by atoms with Gasteiger partial charge < -0.3 is 19.4 Å². The summed E-state index contributed by atoms with van der Waals surface area (Å²) in [5.41, 5.74) is 2.50. The van der Waals surface area contributed by atoms with Crippen molar-refractivity contribution in [1.29, 1.82) is 5.26 Å². The number of nitriles is 1. The van der Waals surface area contributed by atoms with Crippen LogP contribution in [0.15, 0.2) is 36.9 Å². The molecular weight excluding hydrogens is 550 g/mol. The second kappa shape index (κ2) is 12.4. The number of carbonyl (C=O) groups is 1. The van der Waals surface area contributed by atoms with E-state index in [1.165, 1.54) is 23.7 Å². The molecule has 1 saturated carbocycles. The first-order valence-corrected chi connectivity index (χ1v) is 16.1. The summed E-state index contributed by atoms with van der Waals surface area (Å²) in [5.74, 6) is 0.266. The third kappa shape index (κ3) is 5.58. The lowest BCUT2D eigenvalue weighted by Gasteiger charge is -2.58. The van der Waals surface area contributed by atoms with Crippen molar-refractivity contribution in [3.63, 3.8) is 0 Å². The molecule has 1 aliphatic carbocycles. The van der Waals surface area contributed by atoms with E-state index in [9.17, 15) is 10.1 Å². The van der Waals surface area contributed by atoms with Crippen molar-refractivity contribution >= 4 is 23.2 Å². The molecule has 10 heteroatoms. The summed E-state index contributed by atoms with van der Waals surface area (Å²) in [6, 6.07) is 11.5. The monoisotopic (exact) mass is 595 g/mol. The van der Waals surface area contributed by atoms with E-state index in [0.717, 1.165) is 45.2 Å². The fraction of sp³-hybridized carbons (Fsp3) is 0.688. The highest BCUT2D eigenvalue weighted by molar-refractivity contribution is 6.22. The maximum absolute atomic E-state index is 12.6. The van der Waals surface area contributed by atoms with E-state index in [-0.39, 0.29) is 41.4 Å². The highest BCUT2D eigenvalue weighted by Gasteiger charge is 2.53. The van der Waals surface area contributed by atoms with Gasteiger partial charge >= 0.3 is 0 Å². The van der Waals surface area contributed by atoms with Crippen LogP contribution in [0, 0.1) is 22.7 Å². The number of amides is 1. The molecule has 5 aliphatic rings. The fourth-order valence-corrected chi connectivity index (χ4v) is 8.88. The Labute approximate surface area is 255 Å². The van der Waals surface area contributed by atoms with Crippen molar-refractivity contribution in [2.45, 2.75) is 81.1 Å². The number of halogens is 1.